The molecule has 0 bridgehead atoms. The number of aliphatic hydroxyl groups is 2. The van der Waals surface area contributed by atoms with E-state index in [9.17, 15) is 14.7 Å². The van der Waals surface area contributed by atoms with E-state index in [0.717, 1.165) is 0 Å². The van der Waals surface area contributed by atoms with E-state index in [2.05, 4.69) is 4.74 Å². The van der Waals surface area contributed by atoms with Crippen LogP contribution in [0.4, 0.5) is 0 Å². The minimum absolute atomic E-state index is 0.0588. The Bertz CT molecular complexity index is 215. The molecular formula is C9H16O6. The Morgan fingerprint density at radius 1 is 1.40 bits per heavy atom. The van der Waals surface area contributed by atoms with E-state index < -0.39 is 24.1 Å². The minimum Gasteiger partial charge on any atom is -0.478 e. The number of carbonyl (C=O) groups is 2. The summed E-state index contributed by atoms with van der Waals surface area (Å²) in [5.41, 5.74) is 0. The van der Waals surface area contributed by atoms with Crippen molar-refractivity contribution in [2.24, 2.45) is 0 Å². The second kappa shape index (κ2) is 7.19. The molecule has 0 aliphatic carbocycles. The molecule has 0 aliphatic heterocycles. The molecule has 0 aliphatic rings. The van der Waals surface area contributed by atoms with Crippen molar-refractivity contribution >= 4 is 11.9 Å². The molecule has 15 heavy (non-hydrogen) atoms. The number of esters is 1. The molecule has 2 atom stereocenters. The molecule has 0 saturated heterocycles. The number of rotatable bonds is 7. The van der Waals surface area contributed by atoms with E-state index in [4.69, 9.17) is 10.2 Å². The summed E-state index contributed by atoms with van der Waals surface area (Å²) in [7, 11) is 0. The number of carboxylic acid groups (broad SMARTS) is 1. The maximum Gasteiger partial charge on any atom is 0.347 e. The zero-order valence-electron chi connectivity index (χ0n) is 8.55. The topological polar surface area (TPSA) is 104 Å². The zero-order chi connectivity index (χ0) is 11.8. The smallest absolute Gasteiger partial charge is 0.347 e. The fourth-order valence-electron chi connectivity index (χ4n) is 0.932. The summed E-state index contributed by atoms with van der Waals surface area (Å²) in [6.45, 7) is 1.42. The van der Waals surface area contributed by atoms with Gasteiger partial charge < -0.3 is 20.1 Å². The Morgan fingerprint density at radius 3 is 2.40 bits per heavy atom. The van der Waals surface area contributed by atoms with Crippen LogP contribution in [-0.2, 0) is 14.3 Å². The van der Waals surface area contributed by atoms with Gasteiger partial charge in [0.05, 0.1) is 0 Å². The van der Waals surface area contributed by atoms with Gasteiger partial charge in [0.1, 0.15) is 6.10 Å². The predicted octanol–water partition coefficient (Wildman–Crippen LogP) is -0.474. The average Bonchev–Trinajstić information content (AvgIpc) is 2.21. The van der Waals surface area contributed by atoms with Crippen LogP contribution in [0.25, 0.3) is 0 Å². The molecule has 0 spiro atoms. The third-order valence-corrected chi connectivity index (χ3v) is 1.81. The number of ether oxygens (including phenoxy) is 1. The maximum absolute atomic E-state index is 11.0. The van der Waals surface area contributed by atoms with Gasteiger partial charge in [-0.05, 0) is 12.8 Å². The maximum atomic E-state index is 11.0. The summed E-state index contributed by atoms with van der Waals surface area (Å²) in [6, 6.07) is 0. The van der Waals surface area contributed by atoms with E-state index in [1.807, 2.05) is 0 Å². The summed E-state index contributed by atoms with van der Waals surface area (Å²) in [5, 5.41) is 26.4. The van der Waals surface area contributed by atoms with Crippen molar-refractivity contribution in [2.75, 3.05) is 6.61 Å². The molecule has 0 radical (unpaired) electrons. The van der Waals surface area contributed by atoms with Crippen LogP contribution in [0, 0.1) is 0 Å². The largest absolute Gasteiger partial charge is 0.478 e. The highest BCUT2D eigenvalue weighted by molar-refractivity contribution is 5.78. The van der Waals surface area contributed by atoms with Crippen molar-refractivity contribution in [1.82, 2.24) is 0 Å². The van der Waals surface area contributed by atoms with E-state index in [1.165, 1.54) is 0 Å². The van der Waals surface area contributed by atoms with Crippen molar-refractivity contribution in [3.8, 4) is 0 Å². The van der Waals surface area contributed by atoms with Gasteiger partial charge in [0.15, 0.2) is 0 Å². The van der Waals surface area contributed by atoms with Crippen LogP contribution in [0.1, 0.15) is 26.2 Å². The average molecular weight is 220 g/mol. The van der Waals surface area contributed by atoms with E-state index in [0.29, 0.717) is 0 Å². The van der Waals surface area contributed by atoms with Crippen LogP contribution < -0.4 is 0 Å². The third kappa shape index (κ3) is 5.34. The fraction of sp³-hybridized carbons (Fsp3) is 0.778. The molecular weight excluding hydrogens is 204 g/mol. The van der Waals surface area contributed by atoms with Crippen LogP contribution >= 0.6 is 0 Å². The van der Waals surface area contributed by atoms with Gasteiger partial charge in [-0.25, -0.2) is 4.79 Å². The molecule has 0 rings (SSSR count). The van der Waals surface area contributed by atoms with Gasteiger partial charge in [-0.2, -0.15) is 0 Å². The molecule has 0 heterocycles. The second-order valence-corrected chi connectivity index (χ2v) is 3.05. The lowest BCUT2D eigenvalue weighted by Crippen LogP contribution is -2.37. The summed E-state index contributed by atoms with van der Waals surface area (Å²) >= 11 is 0. The normalized spacial score (nSPS) is 14.3. The van der Waals surface area contributed by atoms with Gasteiger partial charge in [-0.3, -0.25) is 4.79 Å². The van der Waals surface area contributed by atoms with Gasteiger partial charge >= 0.3 is 11.9 Å². The first-order valence-corrected chi connectivity index (χ1v) is 4.74. The van der Waals surface area contributed by atoms with E-state index in [-0.39, 0.29) is 25.9 Å². The molecule has 6 heteroatoms. The lowest BCUT2D eigenvalue weighted by atomic mass is 10.1. The molecule has 2 unspecified atom stereocenters. The van der Waals surface area contributed by atoms with Crippen LogP contribution in [0.5, 0.6) is 0 Å². The van der Waals surface area contributed by atoms with E-state index >= 15 is 0 Å². The molecule has 0 aromatic heterocycles. The first kappa shape index (κ1) is 13.9. The number of hydrogen-bond donors (Lipinski definition) is 3. The Kier molecular flexibility index (Phi) is 6.64. The van der Waals surface area contributed by atoms with E-state index in [1.54, 1.807) is 6.92 Å². The predicted molar refractivity (Wildman–Crippen MR) is 50.1 cm³/mol. The molecule has 0 aromatic carbocycles. The highest BCUT2D eigenvalue weighted by Gasteiger charge is 2.28. The lowest BCUT2D eigenvalue weighted by Gasteiger charge is -2.17. The van der Waals surface area contributed by atoms with Crippen molar-refractivity contribution in [1.29, 1.82) is 0 Å². The quantitative estimate of drug-likeness (QED) is 0.501. The van der Waals surface area contributed by atoms with Crippen LogP contribution in [0.2, 0.25) is 0 Å². The van der Waals surface area contributed by atoms with Gasteiger partial charge in [-0.15, -0.1) is 0 Å². The molecule has 88 valence electrons. The van der Waals surface area contributed by atoms with Crippen LogP contribution in [0.15, 0.2) is 0 Å². The third-order valence-electron chi connectivity index (χ3n) is 1.81. The van der Waals surface area contributed by atoms with Gasteiger partial charge in [0.25, 0.3) is 0 Å². The van der Waals surface area contributed by atoms with Crippen molar-refractivity contribution in [3.05, 3.63) is 0 Å². The Morgan fingerprint density at radius 2 is 2.00 bits per heavy atom. The fourth-order valence-corrected chi connectivity index (χ4v) is 0.932. The molecule has 0 fully saturated rings. The summed E-state index contributed by atoms with van der Waals surface area (Å²) < 4.78 is 4.57. The lowest BCUT2D eigenvalue weighted by molar-refractivity contribution is -0.172. The molecule has 0 aromatic rings. The summed E-state index contributed by atoms with van der Waals surface area (Å²) in [4.78, 5) is 21.7. The number of aliphatic hydroxyl groups excluding tert-OH is 2. The highest BCUT2D eigenvalue weighted by atomic mass is 16.6. The number of carboxylic acids is 1. The molecule has 3 N–H and O–H groups in total. The van der Waals surface area contributed by atoms with Crippen LogP contribution in [0.3, 0.4) is 0 Å². The van der Waals surface area contributed by atoms with Gasteiger partial charge in [0.2, 0.25) is 6.10 Å². The SMILES string of the molecule is CCC(O)C(OC(=O)CCCO)C(=O)O. The van der Waals surface area contributed by atoms with Crippen molar-refractivity contribution in [2.45, 2.75) is 38.4 Å². The zero-order valence-corrected chi connectivity index (χ0v) is 8.55. The Balaban J connectivity index is 4.16. The highest BCUT2D eigenvalue weighted by Crippen LogP contribution is 2.06. The summed E-state index contributed by atoms with van der Waals surface area (Å²) in [5.74, 6) is -2.11. The molecule has 6 nitrogen and oxygen atoms in total. The Labute approximate surface area is 87.5 Å². The summed E-state index contributed by atoms with van der Waals surface area (Å²) in [6.07, 6.45) is -2.39. The monoisotopic (exact) mass is 220 g/mol. The van der Waals surface area contributed by atoms with Crippen molar-refractivity contribution < 1.29 is 29.6 Å². The molecule has 0 saturated carbocycles. The first-order chi connectivity index (χ1) is 7.02. The number of aliphatic carboxylic acids is 1. The van der Waals surface area contributed by atoms with Crippen molar-refractivity contribution in [3.63, 3.8) is 0 Å². The van der Waals surface area contributed by atoms with Gasteiger partial charge in [0, 0.05) is 13.0 Å². The van der Waals surface area contributed by atoms with Crippen LogP contribution in [-0.4, -0.2) is 46.1 Å². The number of hydrogen-bond acceptors (Lipinski definition) is 5. The standard InChI is InChI=1S/C9H16O6/c1-2-6(11)8(9(13)14)15-7(12)4-3-5-10/h6,8,10-11H,2-5H2,1H3,(H,13,14). The first-order valence-electron chi connectivity index (χ1n) is 4.74. The molecule has 0 amide bonds. The Hall–Kier alpha value is -1.14. The minimum atomic E-state index is -1.53. The van der Waals surface area contributed by atoms with Gasteiger partial charge in [-0.1, -0.05) is 6.92 Å². The second-order valence-electron chi connectivity index (χ2n) is 3.05. The number of carbonyl (C=O) groups excluding carboxylic acids is 1.